The second-order valence-corrected chi connectivity index (χ2v) is 4.88. The molecule has 1 heterocycles. The summed E-state index contributed by atoms with van der Waals surface area (Å²) < 4.78 is 26.1. The van der Waals surface area contributed by atoms with E-state index in [4.69, 9.17) is 0 Å². The van der Waals surface area contributed by atoms with Crippen LogP contribution in [0.5, 0.6) is 0 Å². The van der Waals surface area contributed by atoms with Crippen LogP contribution < -0.4 is 10.6 Å². The highest BCUT2D eigenvalue weighted by Gasteiger charge is 2.15. The van der Waals surface area contributed by atoms with E-state index in [-0.39, 0.29) is 18.0 Å². The predicted molar refractivity (Wildman–Crippen MR) is 76.1 cm³/mol. The molecule has 0 spiro atoms. The van der Waals surface area contributed by atoms with Crippen molar-refractivity contribution >= 4 is 18.3 Å². The van der Waals surface area contributed by atoms with E-state index in [9.17, 15) is 13.6 Å². The minimum Gasteiger partial charge on any atom is -0.352 e. The van der Waals surface area contributed by atoms with Gasteiger partial charge in [0.1, 0.15) is 11.6 Å². The third-order valence-corrected chi connectivity index (χ3v) is 3.41. The van der Waals surface area contributed by atoms with Crippen LogP contribution in [0.4, 0.5) is 8.78 Å². The van der Waals surface area contributed by atoms with Crippen molar-refractivity contribution in [2.75, 3.05) is 19.6 Å². The molecule has 1 amide bonds. The summed E-state index contributed by atoms with van der Waals surface area (Å²) in [5.41, 5.74) is -0.108. The molecule has 0 bridgehead atoms. The predicted octanol–water partition coefficient (Wildman–Crippen LogP) is 2.51. The van der Waals surface area contributed by atoms with E-state index in [1.807, 2.05) is 0 Å². The highest BCUT2D eigenvalue weighted by Crippen LogP contribution is 2.13. The molecule has 6 heteroatoms. The maximum Gasteiger partial charge on any atom is 0.254 e. The van der Waals surface area contributed by atoms with Crippen molar-refractivity contribution in [1.82, 2.24) is 10.6 Å². The Kier molecular flexibility index (Phi) is 6.88. The number of hydrogen-bond donors (Lipinski definition) is 2. The van der Waals surface area contributed by atoms with Gasteiger partial charge in [0.2, 0.25) is 0 Å². The third-order valence-electron chi connectivity index (χ3n) is 3.41. The van der Waals surface area contributed by atoms with Crippen LogP contribution >= 0.6 is 12.4 Å². The zero-order valence-electron chi connectivity index (χ0n) is 11.1. The van der Waals surface area contributed by atoms with Crippen molar-refractivity contribution in [2.24, 2.45) is 5.92 Å². The average molecular weight is 305 g/mol. The minimum absolute atomic E-state index is 0. The van der Waals surface area contributed by atoms with Crippen LogP contribution in [0.15, 0.2) is 18.2 Å². The van der Waals surface area contributed by atoms with Gasteiger partial charge >= 0.3 is 0 Å². The molecule has 1 fully saturated rings. The van der Waals surface area contributed by atoms with Crippen LogP contribution in [0.3, 0.4) is 0 Å². The molecule has 1 aliphatic heterocycles. The standard InChI is InChI=1S/C14H18F2N2O.ClH/c15-11-3-4-12(13(16)8-11)14(19)18-7-5-10-2-1-6-17-9-10;/h3-4,8,10,17H,1-2,5-7,9H2,(H,18,19);1H. The number of hydrogen-bond acceptors (Lipinski definition) is 2. The Bertz CT molecular complexity index is 451. The fourth-order valence-electron chi connectivity index (χ4n) is 2.33. The van der Waals surface area contributed by atoms with Crippen molar-refractivity contribution < 1.29 is 13.6 Å². The SMILES string of the molecule is Cl.O=C(NCCC1CCCNC1)c1ccc(F)cc1F. The Morgan fingerprint density at radius 3 is 2.85 bits per heavy atom. The maximum atomic E-state index is 13.4. The topological polar surface area (TPSA) is 41.1 Å². The van der Waals surface area contributed by atoms with Gasteiger partial charge in [-0.2, -0.15) is 0 Å². The quantitative estimate of drug-likeness (QED) is 0.897. The second kappa shape index (κ2) is 8.17. The van der Waals surface area contributed by atoms with Gasteiger partial charge < -0.3 is 10.6 Å². The normalized spacial score (nSPS) is 18.2. The van der Waals surface area contributed by atoms with E-state index < -0.39 is 17.5 Å². The molecule has 1 aliphatic rings. The van der Waals surface area contributed by atoms with Crippen LogP contribution in [0.2, 0.25) is 0 Å². The number of rotatable bonds is 4. The molecule has 2 N–H and O–H groups in total. The minimum atomic E-state index is -0.822. The summed E-state index contributed by atoms with van der Waals surface area (Å²) >= 11 is 0. The lowest BCUT2D eigenvalue weighted by molar-refractivity contribution is 0.0946. The van der Waals surface area contributed by atoms with E-state index in [2.05, 4.69) is 10.6 Å². The lowest BCUT2D eigenvalue weighted by Crippen LogP contribution is -2.33. The summed E-state index contributed by atoms with van der Waals surface area (Å²) in [6.07, 6.45) is 3.19. The van der Waals surface area contributed by atoms with Crippen molar-refractivity contribution in [3.63, 3.8) is 0 Å². The van der Waals surface area contributed by atoms with Crippen molar-refractivity contribution in [2.45, 2.75) is 19.3 Å². The number of amides is 1. The summed E-state index contributed by atoms with van der Waals surface area (Å²) in [4.78, 5) is 11.7. The van der Waals surface area contributed by atoms with Gasteiger partial charge in [-0.3, -0.25) is 4.79 Å². The summed E-state index contributed by atoms with van der Waals surface area (Å²) in [6.45, 7) is 2.55. The Morgan fingerprint density at radius 1 is 1.40 bits per heavy atom. The molecule has 1 aromatic carbocycles. The molecule has 0 radical (unpaired) electrons. The van der Waals surface area contributed by atoms with Crippen LogP contribution in [0, 0.1) is 17.6 Å². The van der Waals surface area contributed by atoms with Crippen LogP contribution in [0.1, 0.15) is 29.6 Å². The molecule has 1 saturated heterocycles. The number of piperidine rings is 1. The zero-order chi connectivity index (χ0) is 13.7. The molecule has 2 rings (SSSR count). The molecule has 0 aromatic heterocycles. The number of carbonyl (C=O) groups excluding carboxylic acids is 1. The molecular formula is C14H19ClF2N2O. The van der Waals surface area contributed by atoms with E-state index in [0.29, 0.717) is 12.5 Å². The molecule has 0 aliphatic carbocycles. The van der Waals surface area contributed by atoms with Gasteiger partial charge in [-0.05, 0) is 50.4 Å². The summed E-state index contributed by atoms with van der Waals surface area (Å²) in [7, 11) is 0. The Morgan fingerprint density at radius 2 is 2.20 bits per heavy atom. The molecule has 20 heavy (non-hydrogen) atoms. The fourth-order valence-corrected chi connectivity index (χ4v) is 2.33. The molecule has 1 unspecified atom stereocenters. The third kappa shape index (κ3) is 4.72. The van der Waals surface area contributed by atoms with E-state index in [0.717, 1.165) is 44.5 Å². The Labute approximate surface area is 123 Å². The van der Waals surface area contributed by atoms with Crippen LogP contribution in [0.25, 0.3) is 0 Å². The van der Waals surface area contributed by atoms with Gasteiger partial charge in [0.25, 0.3) is 5.91 Å². The van der Waals surface area contributed by atoms with Gasteiger partial charge in [0.15, 0.2) is 0 Å². The summed E-state index contributed by atoms with van der Waals surface area (Å²) in [5, 5.41) is 5.98. The molecule has 1 aromatic rings. The van der Waals surface area contributed by atoms with Crippen molar-refractivity contribution in [3.05, 3.63) is 35.4 Å². The van der Waals surface area contributed by atoms with Crippen molar-refractivity contribution in [3.8, 4) is 0 Å². The monoisotopic (exact) mass is 304 g/mol. The summed E-state index contributed by atoms with van der Waals surface area (Å²) in [5.74, 6) is -1.42. The number of carbonyl (C=O) groups is 1. The lowest BCUT2D eigenvalue weighted by Gasteiger charge is -2.22. The Hall–Kier alpha value is -1.20. The van der Waals surface area contributed by atoms with Crippen molar-refractivity contribution in [1.29, 1.82) is 0 Å². The van der Waals surface area contributed by atoms with Gasteiger partial charge in [-0.1, -0.05) is 0 Å². The molecule has 1 atom stereocenters. The first-order valence-electron chi connectivity index (χ1n) is 6.61. The van der Waals surface area contributed by atoms with Crippen LogP contribution in [-0.4, -0.2) is 25.5 Å². The van der Waals surface area contributed by atoms with Gasteiger partial charge in [0, 0.05) is 12.6 Å². The highest BCUT2D eigenvalue weighted by molar-refractivity contribution is 5.94. The lowest BCUT2D eigenvalue weighted by atomic mass is 9.96. The number of benzene rings is 1. The van der Waals surface area contributed by atoms with E-state index in [1.165, 1.54) is 6.07 Å². The first-order chi connectivity index (χ1) is 9.16. The fraction of sp³-hybridized carbons (Fsp3) is 0.500. The van der Waals surface area contributed by atoms with E-state index >= 15 is 0 Å². The number of nitrogens with one attached hydrogen (secondary N) is 2. The Balaban J connectivity index is 0.00000200. The van der Waals surface area contributed by atoms with Gasteiger partial charge in [0.05, 0.1) is 5.56 Å². The van der Waals surface area contributed by atoms with Gasteiger partial charge in [-0.25, -0.2) is 8.78 Å². The van der Waals surface area contributed by atoms with E-state index in [1.54, 1.807) is 0 Å². The number of halogens is 3. The molecule has 112 valence electrons. The highest BCUT2D eigenvalue weighted by atomic mass is 35.5. The first-order valence-corrected chi connectivity index (χ1v) is 6.61. The molecular weight excluding hydrogens is 286 g/mol. The summed E-state index contributed by atoms with van der Waals surface area (Å²) in [6, 6.07) is 2.98. The average Bonchev–Trinajstić information content (AvgIpc) is 2.39. The zero-order valence-corrected chi connectivity index (χ0v) is 11.9. The van der Waals surface area contributed by atoms with Crippen LogP contribution in [-0.2, 0) is 0 Å². The first kappa shape index (κ1) is 16.9. The smallest absolute Gasteiger partial charge is 0.254 e. The maximum absolute atomic E-state index is 13.4. The second-order valence-electron chi connectivity index (χ2n) is 4.88. The molecule has 3 nitrogen and oxygen atoms in total. The largest absolute Gasteiger partial charge is 0.352 e. The molecule has 0 saturated carbocycles. The van der Waals surface area contributed by atoms with Gasteiger partial charge in [-0.15, -0.1) is 12.4 Å².